The number of aromatic nitrogens is 1. The zero-order valence-electron chi connectivity index (χ0n) is 14.9. The third-order valence-corrected chi connectivity index (χ3v) is 4.43. The van der Waals surface area contributed by atoms with Crippen LogP contribution < -0.4 is 5.32 Å². The fourth-order valence-electron chi connectivity index (χ4n) is 3.20. The third-order valence-electron chi connectivity index (χ3n) is 4.43. The minimum absolute atomic E-state index is 0.0990. The average molecular weight is 406 g/mol. The summed E-state index contributed by atoms with van der Waals surface area (Å²) < 4.78 is 68.9. The Hall–Kier alpha value is -3.29. The fraction of sp³-hybridized carbons (Fsp3) is 0.143. The minimum atomic E-state index is -4.84. The van der Waals surface area contributed by atoms with Crippen molar-refractivity contribution in [2.45, 2.75) is 18.0 Å². The number of benzene rings is 2. The second kappa shape index (κ2) is 7.98. The highest BCUT2D eigenvalue weighted by Gasteiger charge is 2.52. The maximum absolute atomic E-state index is 14.6. The number of para-hydroxylation sites is 1. The first-order chi connectivity index (χ1) is 13.7. The number of nitrogens with one attached hydrogen (secondary N) is 1. The smallest absolute Gasteiger partial charge is 0.325 e. The van der Waals surface area contributed by atoms with E-state index in [0.29, 0.717) is 0 Å². The first-order valence-corrected chi connectivity index (χ1v) is 8.54. The molecule has 0 fully saturated rings. The van der Waals surface area contributed by atoms with E-state index in [1.54, 1.807) is 24.3 Å². The maximum Gasteiger partial charge on any atom is 0.390 e. The molecule has 3 nitrogen and oxygen atoms in total. The fourth-order valence-corrected chi connectivity index (χ4v) is 3.20. The van der Waals surface area contributed by atoms with Gasteiger partial charge in [0, 0.05) is 11.3 Å². The van der Waals surface area contributed by atoms with Gasteiger partial charge in [-0.1, -0.05) is 48.5 Å². The lowest BCUT2D eigenvalue weighted by molar-refractivity contribution is -0.153. The minimum Gasteiger partial charge on any atom is -0.325 e. The van der Waals surface area contributed by atoms with Crippen LogP contribution in [0, 0.1) is 11.9 Å². The van der Waals surface area contributed by atoms with Gasteiger partial charge in [0.25, 0.3) is 0 Å². The Kier molecular flexibility index (Phi) is 5.63. The summed E-state index contributed by atoms with van der Waals surface area (Å²) in [5, 5.41) is 2.42. The molecular weight excluding hydrogens is 391 g/mol. The first-order valence-electron chi connectivity index (χ1n) is 8.54. The molecule has 0 bridgehead atoms. The zero-order valence-corrected chi connectivity index (χ0v) is 14.9. The third kappa shape index (κ3) is 4.42. The van der Waals surface area contributed by atoms with Gasteiger partial charge in [0.2, 0.25) is 17.8 Å². The average Bonchev–Trinajstić information content (AvgIpc) is 2.67. The van der Waals surface area contributed by atoms with Crippen LogP contribution in [0.15, 0.2) is 72.8 Å². The molecule has 1 N–H and O–H groups in total. The van der Waals surface area contributed by atoms with Crippen molar-refractivity contribution in [2.75, 3.05) is 5.32 Å². The van der Waals surface area contributed by atoms with Gasteiger partial charge in [-0.3, -0.25) is 4.79 Å². The van der Waals surface area contributed by atoms with Crippen molar-refractivity contribution in [1.29, 1.82) is 0 Å². The van der Waals surface area contributed by atoms with E-state index in [2.05, 4.69) is 10.3 Å². The molecule has 3 rings (SSSR count). The van der Waals surface area contributed by atoms with E-state index in [0.717, 1.165) is 12.1 Å². The summed E-state index contributed by atoms with van der Waals surface area (Å²) in [6, 6.07) is 16.4. The van der Waals surface area contributed by atoms with Crippen LogP contribution in [0.4, 0.5) is 27.6 Å². The Morgan fingerprint density at radius 1 is 0.862 bits per heavy atom. The summed E-state index contributed by atoms with van der Waals surface area (Å²) in [5.41, 5.74) is -3.05. The molecule has 0 radical (unpaired) electrons. The van der Waals surface area contributed by atoms with Gasteiger partial charge in [-0.2, -0.15) is 26.9 Å². The molecule has 1 heterocycles. The second-order valence-electron chi connectivity index (χ2n) is 6.36. The number of anilines is 1. The van der Waals surface area contributed by atoms with Crippen LogP contribution in [0.25, 0.3) is 0 Å². The van der Waals surface area contributed by atoms with Gasteiger partial charge in [-0.05, 0) is 29.8 Å². The lowest BCUT2D eigenvalue weighted by atomic mass is 9.71. The van der Waals surface area contributed by atoms with E-state index in [4.69, 9.17) is 0 Å². The molecule has 1 amide bonds. The number of carbonyl (C=O) groups is 1. The van der Waals surface area contributed by atoms with E-state index in [1.165, 1.54) is 36.4 Å². The first kappa shape index (κ1) is 20.4. The van der Waals surface area contributed by atoms with Crippen LogP contribution in [0.3, 0.4) is 0 Å². The van der Waals surface area contributed by atoms with E-state index in [-0.39, 0.29) is 11.3 Å². The monoisotopic (exact) mass is 406 g/mol. The Morgan fingerprint density at radius 2 is 1.45 bits per heavy atom. The molecule has 1 aromatic heterocycles. The van der Waals surface area contributed by atoms with Crippen molar-refractivity contribution in [3.63, 3.8) is 0 Å². The Morgan fingerprint density at radius 3 is 2.00 bits per heavy atom. The summed E-state index contributed by atoms with van der Waals surface area (Å²) >= 11 is 0. The molecular formula is C21H15F5N2O. The maximum atomic E-state index is 14.6. The number of pyridine rings is 1. The summed E-state index contributed by atoms with van der Waals surface area (Å²) in [7, 11) is 0. The van der Waals surface area contributed by atoms with Crippen LogP contribution in [-0.4, -0.2) is 17.1 Å². The van der Waals surface area contributed by atoms with Gasteiger partial charge in [0.05, 0.1) is 6.42 Å². The van der Waals surface area contributed by atoms with E-state index in [1.807, 2.05) is 0 Å². The van der Waals surface area contributed by atoms with Crippen LogP contribution in [0.5, 0.6) is 0 Å². The van der Waals surface area contributed by atoms with Gasteiger partial charge < -0.3 is 5.32 Å². The standard InChI is InChI=1S/C21H15F5N2O/c22-17-12-11-16(18(23)28-17)20(13-21(24,25)26,14-7-3-1-4-8-14)19(29)27-15-9-5-2-6-10-15/h1-12H,13H2,(H,27,29)/t20-/m0/s1. The molecule has 0 saturated carbocycles. The number of alkyl halides is 3. The molecule has 29 heavy (non-hydrogen) atoms. The van der Waals surface area contributed by atoms with Gasteiger partial charge in [0.1, 0.15) is 5.41 Å². The Bertz CT molecular complexity index is 993. The van der Waals surface area contributed by atoms with E-state index < -0.39 is 41.4 Å². The van der Waals surface area contributed by atoms with Crippen molar-refractivity contribution in [3.05, 3.63) is 95.8 Å². The molecule has 2 aromatic carbocycles. The van der Waals surface area contributed by atoms with Gasteiger partial charge >= 0.3 is 6.18 Å². The van der Waals surface area contributed by atoms with Gasteiger partial charge in [-0.25, -0.2) is 0 Å². The van der Waals surface area contributed by atoms with Gasteiger partial charge in [0.15, 0.2) is 0 Å². The summed E-state index contributed by atoms with van der Waals surface area (Å²) in [6.45, 7) is 0. The van der Waals surface area contributed by atoms with Crippen molar-refractivity contribution >= 4 is 11.6 Å². The number of hydrogen-bond acceptors (Lipinski definition) is 2. The highest BCUT2D eigenvalue weighted by atomic mass is 19.4. The molecule has 0 aliphatic rings. The van der Waals surface area contributed by atoms with Crippen molar-refractivity contribution in [2.24, 2.45) is 0 Å². The highest BCUT2D eigenvalue weighted by Crippen LogP contribution is 2.43. The SMILES string of the molecule is O=C(Nc1ccccc1)[C@@](CC(F)(F)F)(c1ccccc1)c1ccc(F)nc1F. The normalized spacial score (nSPS) is 13.6. The summed E-state index contributed by atoms with van der Waals surface area (Å²) in [5.74, 6) is -3.80. The Balaban J connectivity index is 2.25. The summed E-state index contributed by atoms with van der Waals surface area (Å²) in [4.78, 5) is 16.3. The van der Waals surface area contributed by atoms with Crippen LogP contribution in [0.1, 0.15) is 17.5 Å². The molecule has 0 aliphatic carbocycles. The largest absolute Gasteiger partial charge is 0.390 e. The molecule has 0 unspecified atom stereocenters. The molecule has 150 valence electrons. The molecule has 8 heteroatoms. The molecule has 3 aromatic rings. The highest BCUT2D eigenvalue weighted by molar-refractivity contribution is 6.02. The van der Waals surface area contributed by atoms with Crippen LogP contribution >= 0.6 is 0 Å². The topological polar surface area (TPSA) is 42.0 Å². The van der Waals surface area contributed by atoms with Gasteiger partial charge in [-0.15, -0.1) is 0 Å². The van der Waals surface area contributed by atoms with Crippen LogP contribution in [0.2, 0.25) is 0 Å². The molecule has 0 saturated heterocycles. The number of hydrogen-bond donors (Lipinski definition) is 1. The molecule has 0 aliphatic heterocycles. The predicted octanol–water partition coefficient (Wildman–Crippen LogP) is 5.24. The number of nitrogens with zero attached hydrogens (tertiary/aromatic N) is 1. The number of rotatable bonds is 5. The Labute approximate surface area is 163 Å². The number of amides is 1. The molecule has 1 atom stereocenters. The zero-order chi connectivity index (χ0) is 21.1. The van der Waals surface area contributed by atoms with Crippen molar-refractivity contribution in [3.8, 4) is 0 Å². The quantitative estimate of drug-likeness (QED) is 0.465. The number of halogens is 5. The predicted molar refractivity (Wildman–Crippen MR) is 97.1 cm³/mol. The lowest BCUT2D eigenvalue weighted by Gasteiger charge is -2.34. The second-order valence-corrected chi connectivity index (χ2v) is 6.36. The molecule has 0 spiro atoms. The van der Waals surface area contributed by atoms with E-state index in [9.17, 15) is 26.7 Å². The van der Waals surface area contributed by atoms with Crippen molar-refractivity contribution in [1.82, 2.24) is 4.98 Å². The number of carbonyl (C=O) groups excluding carboxylic acids is 1. The van der Waals surface area contributed by atoms with Crippen LogP contribution in [-0.2, 0) is 10.2 Å². The lowest BCUT2D eigenvalue weighted by Crippen LogP contribution is -2.45. The summed E-state index contributed by atoms with van der Waals surface area (Å²) in [6.07, 6.45) is -6.54. The van der Waals surface area contributed by atoms with Crippen molar-refractivity contribution < 1.29 is 26.7 Å². The van der Waals surface area contributed by atoms with E-state index >= 15 is 0 Å².